The van der Waals surface area contributed by atoms with E-state index in [2.05, 4.69) is 0 Å². The lowest BCUT2D eigenvalue weighted by atomic mass is 10.6. The molecule has 0 aliphatic rings. The number of quaternary nitrogens is 1. The maximum absolute atomic E-state index is 10.6. The Kier molecular flexibility index (Phi) is 4.05. The zero-order chi connectivity index (χ0) is 7.28. The molecule has 0 unspecified atom stereocenters. The van der Waals surface area contributed by atoms with Gasteiger partial charge in [0.25, 0.3) is 0 Å². The second kappa shape index (κ2) is 4.32. The van der Waals surface area contributed by atoms with E-state index in [4.69, 9.17) is 4.74 Å². The summed E-state index contributed by atoms with van der Waals surface area (Å²) >= 11 is 0. The Bertz CT molecular complexity index is 91.1. The maximum atomic E-state index is 10.6. The molecule has 0 rings (SSSR count). The van der Waals surface area contributed by atoms with Crippen LogP contribution in [-0.4, -0.2) is 33.2 Å². The Morgan fingerprint density at radius 3 is 2.44 bits per heavy atom. The normalized spacial score (nSPS) is 9.78. The molecule has 0 aliphatic heterocycles. The Morgan fingerprint density at radius 1 is 1.56 bits per heavy atom. The SMILES string of the molecule is CCOC(=O)C[NH+](C)C. The van der Waals surface area contributed by atoms with Gasteiger partial charge in [0.15, 0.2) is 6.54 Å². The number of nitrogens with one attached hydrogen (secondary N) is 1. The molecule has 1 N–H and O–H groups in total. The molecule has 0 aliphatic carbocycles. The summed E-state index contributed by atoms with van der Waals surface area (Å²) in [6, 6.07) is 0. The van der Waals surface area contributed by atoms with Crippen molar-refractivity contribution in [2.45, 2.75) is 6.92 Å². The predicted octanol–water partition coefficient (Wildman–Crippen LogP) is -1.31. The molecular weight excluding hydrogens is 118 g/mol. The van der Waals surface area contributed by atoms with Gasteiger partial charge in [0.05, 0.1) is 20.7 Å². The number of ether oxygens (including phenoxy) is 1. The van der Waals surface area contributed by atoms with Gasteiger partial charge in [0.2, 0.25) is 0 Å². The van der Waals surface area contributed by atoms with Crippen LogP contribution in [-0.2, 0) is 9.53 Å². The molecule has 0 aromatic carbocycles. The average molecular weight is 132 g/mol. The first kappa shape index (κ1) is 8.43. The van der Waals surface area contributed by atoms with E-state index in [1.807, 2.05) is 21.0 Å². The van der Waals surface area contributed by atoms with Crippen LogP contribution in [0.4, 0.5) is 0 Å². The Balaban J connectivity index is 3.27. The molecule has 0 fully saturated rings. The van der Waals surface area contributed by atoms with E-state index in [-0.39, 0.29) is 5.97 Å². The van der Waals surface area contributed by atoms with Gasteiger partial charge in [-0.15, -0.1) is 0 Å². The molecule has 54 valence electrons. The molecule has 0 saturated carbocycles. The van der Waals surface area contributed by atoms with Crippen LogP contribution in [0.25, 0.3) is 0 Å². The number of carbonyl (C=O) groups is 1. The fourth-order valence-electron chi connectivity index (χ4n) is 0.501. The van der Waals surface area contributed by atoms with E-state index in [0.29, 0.717) is 13.2 Å². The van der Waals surface area contributed by atoms with Gasteiger partial charge < -0.3 is 9.64 Å². The first-order valence-corrected chi connectivity index (χ1v) is 3.11. The zero-order valence-corrected chi connectivity index (χ0v) is 6.23. The smallest absolute Gasteiger partial charge is 0.361 e. The highest BCUT2D eigenvalue weighted by Gasteiger charge is 2.04. The molecule has 0 atom stereocenters. The summed E-state index contributed by atoms with van der Waals surface area (Å²) in [6.07, 6.45) is 0. The van der Waals surface area contributed by atoms with Crippen molar-refractivity contribution in [3.8, 4) is 0 Å². The number of hydrogen-bond acceptors (Lipinski definition) is 2. The third-order valence-electron chi connectivity index (χ3n) is 0.803. The molecule has 0 heterocycles. The molecule has 0 amide bonds. The van der Waals surface area contributed by atoms with Gasteiger partial charge in [-0.3, -0.25) is 0 Å². The van der Waals surface area contributed by atoms with Crippen LogP contribution in [0.3, 0.4) is 0 Å². The van der Waals surface area contributed by atoms with Crippen LogP contribution in [0, 0.1) is 0 Å². The van der Waals surface area contributed by atoms with Crippen molar-refractivity contribution >= 4 is 5.97 Å². The summed E-state index contributed by atoms with van der Waals surface area (Å²) < 4.78 is 4.69. The van der Waals surface area contributed by atoms with E-state index < -0.39 is 0 Å². The molecule has 0 aromatic heterocycles. The number of rotatable bonds is 3. The minimum absolute atomic E-state index is 0.127. The third kappa shape index (κ3) is 5.30. The quantitative estimate of drug-likeness (QED) is 0.484. The van der Waals surface area contributed by atoms with Crippen LogP contribution in [0.5, 0.6) is 0 Å². The molecule has 3 heteroatoms. The van der Waals surface area contributed by atoms with Crippen LogP contribution in [0.2, 0.25) is 0 Å². The summed E-state index contributed by atoms with van der Waals surface area (Å²) in [5.41, 5.74) is 0. The van der Waals surface area contributed by atoms with Crippen molar-refractivity contribution in [1.82, 2.24) is 0 Å². The Morgan fingerprint density at radius 2 is 2.11 bits per heavy atom. The molecule has 0 radical (unpaired) electrons. The third-order valence-corrected chi connectivity index (χ3v) is 0.803. The molecular formula is C6H14NO2+. The monoisotopic (exact) mass is 132 g/mol. The molecule has 0 bridgehead atoms. The second-order valence-corrected chi connectivity index (χ2v) is 2.19. The van der Waals surface area contributed by atoms with Crippen LogP contribution < -0.4 is 4.90 Å². The average Bonchev–Trinajstić information content (AvgIpc) is 1.63. The molecule has 0 saturated heterocycles. The van der Waals surface area contributed by atoms with Crippen molar-refractivity contribution in [1.29, 1.82) is 0 Å². The topological polar surface area (TPSA) is 30.7 Å². The Hall–Kier alpha value is -0.570. The molecule has 0 aromatic rings. The largest absolute Gasteiger partial charge is 0.462 e. The highest BCUT2D eigenvalue weighted by atomic mass is 16.5. The van der Waals surface area contributed by atoms with Gasteiger partial charge in [0, 0.05) is 0 Å². The first-order chi connectivity index (χ1) is 4.16. The van der Waals surface area contributed by atoms with Crippen molar-refractivity contribution in [3.05, 3.63) is 0 Å². The van der Waals surface area contributed by atoms with E-state index in [1.54, 1.807) is 0 Å². The molecule has 3 nitrogen and oxygen atoms in total. The van der Waals surface area contributed by atoms with Crippen LogP contribution in [0.15, 0.2) is 0 Å². The fraction of sp³-hybridized carbons (Fsp3) is 0.833. The highest BCUT2D eigenvalue weighted by molar-refractivity contribution is 5.70. The number of likely N-dealkylation sites (N-methyl/N-ethyl adjacent to an activating group) is 1. The van der Waals surface area contributed by atoms with Gasteiger partial charge in [-0.05, 0) is 6.92 Å². The van der Waals surface area contributed by atoms with E-state index in [1.165, 1.54) is 0 Å². The summed E-state index contributed by atoms with van der Waals surface area (Å²) in [4.78, 5) is 11.7. The predicted molar refractivity (Wildman–Crippen MR) is 34.3 cm³/mol. The number of carbonyl (C=O) groups excluding carboxylic acids is 1. The van der Waals surface area contributed by atoms with Crippen molar-refractivity contribution < 1.29 is 14.4 Å². The second-order valence-electron chi connectivity index (χ2n) is 2.19. The lowest BCUT2D eigenvalue weighted by Crippen LogP contribution is -3.06. The van der Waals surface area contributed by atoms with Crippen molar-refractivity contribution in [3.63, 3.8) is 0 Å². The Labute approximate surface area is 55.6 Å². The van der Waals surface area contributed by atoms with Gasteiger partial charge in [-0.1, -0.05) is 0 Å². The minimum atomic E-state index is -0.127. The van der Waals surface area contributed by atoms with E-state index in [0.717, 1.165) is 4.90 Å². The van der Waals surface area contributed by atoms with Crippen LogP contribution in [0.1, 0.15) is 6.92 Å². The maximum Gasteiger partial charge on any atom is 0.361 e. The minimum Gasteiger partial charge on any atom is -0.462 e. The summed E-state index contributed by atoms with van der Waals surface area (Å²) in [5, 5.41) is 0. The zero-order valence-electron chi connectivity index (χ0n) is 6.23. The van der Waals surface area contributed by atoms with Crippen molar-refractivity contribution in [2.24, 2.45) is 0 Å². The highest BCUT2D eigenvalue weighted by Crippen LogP contribution is 1.70. The summed E-state index contributed by atoms with van der Waals surface area (Å²) in [6.45, 7) is 2.74. The van der Waals surface area contributed by atoms with Crippen molar-refractivity contribution in [2.75, 3.05) is 27.2 Å². The van der Waals surface area contributed by atoms with Gasteiger partial charge >= 0.3 is 5.97 Å². The molecule has 0 spiro atoms. The van der Waals surface area contributed by atoms with E-state index in [9.17, 15) is 4.79 Å². The summed E-state index contributed by atoms with van der Waals surface area (Å²) in [7, 11) is 3.83. The number of esters is 1. The van der Waals surface area contributed by atoms with Gasteiger partial charge in [-0.25, -0.2) is 4.79 Å². The summed E-state index contributed by atoms with van der Waals surface area (Å²) in [5.74, 6) is -0.127. The fourth-order valence-corrected chi connectivity index (χ4v) is 0.501. The molecule has 9 heavy (non-hydrogen) atoms. The number of hydrogen-bond donors (Lipinski definition) is 1. The van der Waals surface area contributed by atoms with Gasteiger partial charge in [0.1, 0.15) is 0 Å². The lowest BCUT2D eigenvalue weighted by Gasteiger charge is -2.04. The lowest BCUT2D eigenvalue weighted by molar-refractivity contribution is -0.850. The van der Waals surface area contributed by atoms with Gasteiger partial charge in [-0.2, -0.15) is 0 Å². The van der Waals surface area contributed by atoms with Crippen LogP contribution >= 0.6 is 0 Å². The first-order valence-electron chi connectivity index (χ1n) is 3.11. The van der Waals surface area contributed by atoms with E-state index >= 15 is 0 Å². The standard InChI is InChI=1S/C6H13NO2/c1-4-9-6(8)5-7(2)3/h4-5H2,1-3H3/p+1.